The van der Waals surface area contributed by atoms with Gasteiger partial charge in [-0.2, -0.15) is 0 Å². The fraction of sp³-hybridized carbons (Fsp3) is 0.0714. The Bertz CT molecular complexity index is 731. The molecule has 0 aliphatic carbocycles. The Morgan fingerprint density at radius 3 is 2.50 bits per heavy atom. The summed E-state index contributed by atoms with van der Waals surface area (Å²) in [6, 6.07) is 10.6. The van der Waals surface area contributed by atoms with Gasteiger partial charge in [-0.25, -0.2) is 4.98 Å². The Balaban J connectivity index is 1.99. The molecule has 2 N–H and O–H groups in total. The highest BCUT2D eigenvalue weighted by Gasteiger charge is 2.11. The first-order valence-corrected chi connectivity index (χ1v) is 6.67. The van der Waals surface area contributed by atoms with E-state index in [0.29, 0.717) is 5.82 Å². The minimum atomic E-state index is -0.530. The summed E-state index contributed by atoms with van der Waals surface area (Å²) in [5.74, 6) is 0.0639. The Morgan fingerprint density at radius 1 is 1.23 bits per heavy atom. The van der Waals surface area contributed by atoms with Gasteiger partial charge in [-0.3, -0.25) is 20.2 Å². The molecule has 1 amide bonds. The molecule has 1 heterocycles. The van der Waals surface area contributed by atoms with Crippen LogP contribution in [0.3, 0.4) is 0 Å². The van der Waals surface area contributed by atoms with Crippen molar-refractivity contribution in [3.63, 3.8) is 0 Å². The van der Waals surface area contributed by atoms with E-state index in [1.807, 2.05) is 19.1 Å². The van der Waals surface area contributed by atoms with E-state index in [9.17, 15) is 14.9 Å². The van der Waals surface area contributed by atoms with Crippen LogP contribution in [0.1, 0.15) is 16.1 Å². The number of nitrogens with zero attached hydrogens (tertiary/aromatic N) is 2. The zero-order valence-electron chi connectivity index (χ0n) is 11.6. The maximum atomic E-state index is 12.0. The number of aromatic nitrogens is 1. The molecule has 22 heavy (non-hydrogen) atoms. The van der Waals surface area contributed by atoms with Gasteiger partial charge in [-0.1, -0.05) is 6.07 Å². The van der Waals surface area contributed by atoms with E-state index >= 15 is 0 Å². The van der Waals surface area contributed by atoms with E-state index in [1.165, 1.54) is 24.3 Å². The van der Waals surface area contributed by atoms with Crippen LogP contribution in [-0.2, 0) is 0 Å². The van der Waals surface area contributed by atoms with E-state index in [0.717, 1.165) is 5.69 Å². The van der Waals surface area contributed by atoms with E-state index < -0.39 is 10.8 Å². The first-order valence-electron chi connectivity index (χ1n) is 6.26. The smallest absolute Gasteiger partial charge is 0.269 e. The average Bonchev–Trinajstić information content (AvgIpc) is 2.47. The summed E-state index contributed by atoms with van der Waals surface area (Å²) in [6.45, 7) is 1.84. The number of anilines is 1. The Morgan fingerprint density at radius 2 is 1.91 bits per heavy atom. The van der Waals surface area contributed by atoms with Crippen LogP contribution in [-0.4, -0.2) is 20.9 Å². The summed E-state index contributed by atoms with van der Waals surface area (Å²) in [5, 5.41) is 15.9. The van der Waals surface area contributed by atoms with Gasteiger partial charge in [0.05, 0.1) is 4.92 Å². The Kier molecular flexibility index (Phi) is 4.74. The lowest BCUT2D eigenvalue weighted by Crippen LogP contribution is -2.34. The second-order valence-electron chi connectivity index (χ2n) is 4.38. The molecule has 112 valence electrons. The molecule has 8 heteroatoms. The lowest BCUT2D eigenvalue weighted by atomic mass is 10.2. The molecule has 0 spiro atoms. The first kappa shape index (κ1) is 15.5. The summed E-state index contributed by atoms with van der Waals surface area (Å²) >= 11 is 5.03. The molecule has 0 aliphatic rings. The van der Waals surface area contributed by atoms with Gasteiger partial charge in [0, 0.05) is 23.4 Å². The van der Waals surface area contributed by atoms with Crippen LogP contribution in [0.2, 0.25) is 0 Å². The van der Waals surface area contributed by atoms with Gasteiger partial charge in [0.2, 0.25) is 0 Å². The number of amides is 1. The normalized spacial score (nSPS) is 9.86. The number of non-ortho nitro benzene ring substituents is 1. The van der Waals surface area contributed by atoms with Crippen molar-refractivity contribution in [1.29, 1.82) is 0 Å². The summed E-state index contributed by atoms with van der Waals surface area (Å²) in [5.41, 5.74) is 1.00. The second-order valence-corrected chi connectivity index (χ2v) is 4.78. The third kappa shape index (κ3) is 4.06. The first-order chi connectivity index (χ1) is 10.5. The number of hydrogen-bond donors (Lipinski definition) is 2. The van der Waals surface area contributed by atoms with Crippen molar-refractivity contribution < 1.29 is 9.72 Å². The number of nitrogens with one attached hydrogen (secondary N) is 2. The topological polar surface area (TPSA) is 97.2 Å². The van der Waals surface area contributed by atoms with Crippen molar-refractivity contribution in [3.8, 4) is 0 Å². The van der Waals surface area contributed by atoms with Crippen LogP contribution in [0.15, 0.2) is 42.5 Å². The minimum Gasteiger partial charge on any atom is -0.317 e. The Hall–Kier alpha value is -2.87. The van der Waals surface area contributed by atoms with Crippen molar-refractivity contribution in [2.75, 3.05) is 5.32 Å². The number of aryl methyl sites for hydroxylation is 1. The third-order valence-electron chi connectivity index (χ3n) is 2.70. The summed E-state index contributed by atoms with van der Waals surface area (Å²) in [4.78, 5) is 26.2. The molecule has 0 atom stereocenters. The maximum absolute atomic E-state index is 12.0. The van der Waals surface area contributed by atoms with Crippen LogP contribution in [0, 0.1) is 17.0 Å². The van der Waals surface area contributed by atoms with E-state index in [4.69, 9.17) is 12.2 Å². The molecule has 0 aliphatic heterocycles. The summed E-state index contributed by atoms with van der Waals surface area (Å²) in [7, 11) is 0. The van der Waals surface area contributed by atoms with E-state index in [1.54, 1.807) is 6.07 Å². The minimum absolute atomic E-state index is 0.0822. The molecule has 0 fully saturated rings. The maximum Gasteiger partial charge on any atom is 0.269 e. The molecule has 0 saturated heterocycles. The molecule has 2 rings (SSSR count). The van der Waals surface area contributed by atoms with Gasteiger partial charge in [0.1, 0.15) is 5.82 Å². The number of rotatable bonds is 3. The van der Waals surface area contributed by atoms with Crippen molar-refractivity contribution in [2.45, 2.75) is 6.92 Å². The standard InChI is InChI=1S/C14H12N4O3S/c1-9-3-2-4-12(15-9)16-14(22)17-13(19)10-5-7-11(8-6-10)18(20)21/h2-8H,1H3,(H2,15,16,17,19,22). The van der Waals surface area contributed by atoms with Gasteiger partial charge >= 0.3 is 0 Å². The SMILES string of the molecule is Cc1cccc(NC(=S)NC(=O)c2ccc([N+](=O)[O-])cc2)n1. The second kappa shape index (κ2) is 6.72. The fourth-order valence-electron chi connectivity index (χ4n) is 1.67. The molecule has 0 radical (unpaired) electrons. The van der Waals surface area contributed by atoms with Crippen molar-refractivity contribution in [3.05, 3.63) is 63.8 Å². The van der Waals surface area contributed by atoms with Gasteiger partial charge in [0.15, 0.2) is 5.11 Å². The van der Waals surface area contributed by atoms with Gasteiger partial charge in [0.25, 0.3) is 11.6 Å². The number of benzene rings is 1. The number of nitro benzene ring substituents is 1. The van der Waals surface area contributed by atoms with Crippen LogP contribution in [0.4, 0.5) is 11.5 Å². The molecule has 0 bridgehead atoms. The zero-order chi connectivity index (χ0) is 16.1. The largest absolute Gasteiger partial charge is 0.317 e. The third-order valence-corrected chi connectivity index (χ3v) is 2.90. The van der Waals surface area contributed by atoms with Crippen LogP contribution < -0.4 is 10.6 Å². The summed E-state index contributed by atoms with van der Waals surface area (Å²) < 4.78 is 0. The van der Waals surface area contributed by atoms with Crippen molar-refractivity contribution >= 4 is 34.7 Å². The molecule has 0 saturated carbocycles. The Labute approximate surface area is 131 Å². The quantitative estimate of drug-likeness (QED) is 0.513. The molecule has 2 aromatic rings. The number of hydrogen-bond acceptors (Lipinski definition) is 5. The molecule has 1 aromatic carbocycles. The lowest BCUT2D eigenvalue weighted by molar-refractivity contribution is -0.384. The average molecular weight is 316 g/mol. The zero-order valence-corrected chi connectivity index (χ0v) is 12.4. The van der Waals surface area contributed by atoms with Gasteiger partial charge in [-0.15, -0.1) is 0 Å². The number of pyridine rings is 1. The van der Waals surface area contributed by atoms with Gasteiger partial charge in [-0.05, 0) is 43.4 Å². The van der Waals surface area contributed by atoms with E-state index in [2.05, 4.69) is 15.6 Å². The van der Waals surface area contributed by atoms with Crippen LogP contribution >= 0.6 is 12.2 Å². The molecular weight excluding hydrogens is 304 g/mol. The highest BCUT2D eigenvalue weighted by molar-refractivity contribution is 7.80. The highest BCUT2D eigenvalue weighted by atomic mass is 32.1. The van der Waals surface area contributed by atoms with Crippen LogP contribution in [0.25, 0.3) is 0 Å². The predicted octanol–water partition coefficient (Wildman–Crippen LogP) is 2.43. The van der Waals surface area contributed by atoms with E-state index in [-0.39, 0.29) is 16.4 Å². The van der Waals surface area contributed by atoms with Gasteiger partial charge < -0.3 is 5.32 Å². The molecule has 7 nitrogen and oxygen atoms in total. The number of carbonyl (C=O) groups is 1. The molecule has 1 aromatic heterocycles. The number of carbonyl (C=O) groups excluding carboxylic acids is 1. The lowest BCUT2D eigenvalue weighted by Gasteiger charge is -2.09. The fourth-order valence-corrected chi connectivity index (χ4v) is 1.87. The highest BCUT2D eigenvalue weighted by Crippen LogP contribution is 2.11. The number of nitro groups is 1. The number of thiocarbonyl (C=S) groups is 1. The molecular formula is C14H12N4O3S. The summed E-state index contributed by atoms with van der Waals surface area (Å²) in [6.07, 6.45) is 0. The predicted molar refractivity (Wildman–Crippen MR) is 85.8 cm³/mol. The van der Waals surface area contributed by atoms with Crippen molar-refractivity contribution in [2.24, 2.45) is 0 Å². The van der Waals surface area contributed by atoms with Crippen LogP contribution in [0.5, 0.6) is 0 Å². The monoisotopic (exact) mass is 316 g/mol. The molecule has 0 unspecified atom stereocenters. The van der Waals surface area contributed by atoms with Crippen molar-refractivity contribution in [1.82, 2.24) is 10.3 Å².